The van der Waals surface area contributed by atoms with Gasteiger partial charge in [0.05, 0.1) is 6.26 Å². The van der Waals surface area contributed by atoms with Crippen molar-refractivity contribution in [2.45, 2.75) is 24.6 Å². The average Bonchev–Trinajstić information content (AvgIpc) is 2.77. The fourth-order valence-corrected chi connectivity index (χ4v) is 2.89. The van der Waals surface area contributed by atoms with Crippen molar-refractivity contribution in [3.8, 4) is 0 Å². The number of rotatable bonds is 4. The maximum absolute atomic E-state index is 5.98. The number of aryl methyl sites for hydroxylation is 1. The van der Waals surface area contributed by atoms with Crippen LogP contribution >= 0.6 is 27.5 Å². The summed E-state index contributed by atoms with van der Waals surface area (Å²) >= 11 is 9.69. The molecule has 1 unspecified atom stereocenters. The molecule has 90 valence electrons. The molecule has 1 nitrogen and oxygen atoms in total. The molecule has 0 aliphatic heterocycles. The van der Waals surface area contributed by atoms with E-state index in [9.17, 15) is 0 Å². The van der Waals surface area contributed by atoms with Crippen molar-refractivity contribution in [1.82, 2.24) is 0 Å². The minimum atomic E-state index is 0.273. The fraction of sp³-hybridized carbons (Fsp3) is 0.286. The van der Waals surface area contributed by atoms with Crippen LogP contribution in [0.25, 0.3) is 0 Å². The van der Waals surface area contributed by atoms with E-state index in [1.807, 2.05) is 24.3 Å². The molecular weight excluding hydrogens is 300 g/mol. The molecule has 2 rings (SSSR count). The van der Waals surface area contributed by atoms with Gasteiger partial charge in [0.15, 0.2) is 0 Å². The zero-order valence-electron chi connectivity index (χ0n) is 9.62. The van der Waals surface area contributed by atoms with Crippen LogP contribution in [-0.2, 0) is 12.8 Å². The van der Waals surface area contributed by atoms with E-state index in [2.05, 4.69) is 28.9 Å². The summed E-state index contributed by atoms with van der Waals surface area (Å²) in [5.41, 5.74) is 2.45. The van der Waals surface area contributed by atoms with Crippen molar-refractivity contribution in [2.24, 2.45) is 0 Å². The number of benzene rings is 1. The number of halogens is 2. The third kappa shape index (κ3) is 3.14. The van der Waals surface area contributed by atoms with Crippen LogP contribution in [0, 0.1) is 0 Å². The Morgan fingerprint density at radius 3 is 2.88 bits per heavy atom. The van der Waals surface area contributed by atoms with Crippen LogP contribution in [0.4, 0.5) is 0 Å². The Labute approximate surface area is 115 Å². The molecule has 1 aromatic carbocycles. The van der Waals surface area contributed by atoms with Crippen molar-refractivity contribution >= 4 is 27.5 Å². The summed E-state index contributed by atoms with van der Waals surface area (Å²) in [5.74, 6) is 1.05. The van der Waals surface area contributed by atoms with Crippen LogP contribution in [0.2, 0.25) is 5.02 Å². The van der Waals surface area contributed by atoms with Crippen molar-refractivity contribution in [3.05, 3.63) is 58.5 Å². The van der Waals surface area contributed by atoms with Gasteiger partial charge in [0.2, 0.25) is 0 Å². The molecule has 3 heteroatoms. The molecule has 17 heavy (non-hydrogen) atoms. The SMILES string of the molecule is CCc1occc1C(Br)Cc1cccc(Cl)c1. The molecule has 0 saturated heterocycles. The van der Waals surface area contributed by atoms with Gasteiger partial charge >= 0.3 is 0 Å². The lowest BCUT2D eigenvalue weighted by molar-refractivity contribution is 0.511. The van der Waals surface area contributed by atoms with Gasteiger partial charge in [-0.05, 0) is 30.2 Å². The zero-order valence-corrected chi connectivity index (χ0v) is 12.0. The van der Waals surface area contributed by atoms with Crippen LogP contribution in [0.5, 0.6) is 0 Å². The monoisotopic (exact) mass is 312 g/mol. The molecule has 0 N–H and O–H groups in total. The molecule has 0 radical (unpaired) electrons. The summed E-state index contributed by atoms with van der Waals surface area (Å²) in [6.45, 7) is 2.10. The van der Waals surface area contributed by atoms with E-state index in [0.29, 0.717) is 0 Å². The van der Waals surface area contributed by atoms with Crippen LogP contribution < -0.4 is 0 Å². The van der Waals surface area contributed by atoms with Crippen molar-refractivity contribution < 1.29 is 4.42 Å². The Bertz CT molecular complexity index is 492. The lowest BCUT2D eigenvalue weighted by Crippen LogP contribution is -1.97. The summed E-state index contributed by atoms with van der Waals surface area (Å²) in [7, 11) is 0. The molecule has 1 heterocycles. The van der Waals surface area contributed by atoms with E-state index in [4.69, 9.17) is 16.0 Å². The topological polar surface area (TPSA) is 13.1 Å². The first-order chi connectivity index (χ1) is 8.20. The largest absolute Gasteiger partial charge is 0.469 e. The molecule has 0 aliphatic carbocycles. The minimum absolute atomic E-state index is 0.273. The second-order valence-electron chi connectivity index (χ2n) is 3.95. The van der Waals surface area contributed by atoms with E-state index < -0.39 is 0 Å². The summed E-state index contributed by atoms with van der Waals surface area (Å²) in [5, 5.41) is 0.783. The van der Waals surface area contributed by atoms with Gasteiger partial charge in [0, 0.05) is 21.8 Å². The van der Waals surface area contributed by atoms with Gasteiger partial charge in [-0.1, -0.05) is 46.6 Å². The Morgan fingerprint density at radius 1 is 1.35 bits per heavy atom. The standard InChI is InChI=1S/C14H14BrClO/c1-2-14-12(6-7-17-14)13(15)9-10-4-3-5-11(16)8-10/h3-8,13H,2,9H2,1H3. The third-order valence-corrected chi connectivity index (χ3v) is 3.79. The first-order valence-electron chi connectivity index (χ1n) is 5.65. The molecule has 0 saturated carbocycles. The van der Waals surface area contributed by atoms with E-state index in [0.717, 1.165) is 23.6 Å². The van der Waals surface area contributed by atoms with Crippen LogP contribution in [0.3, 0.4) is 0 Å². The Morgan fingerprint density at radius 2 is 2.18 bits per heavy atom. The van der Waals surface area contributed by atoms with E-state index in [1.54, 1.807) is 6.26 Å². The highest BCUT2D eigenvalue weighted by Crippen LogP contribution is 2.31. The predicted octanol–water partition coefficient (Wildman–Crippen LogP) is 5.17. The normalized spacial score (nSPS) is 12.6. The first-order valence-corrected chi connectivity index (χ1v) is 6.95. The lowest BCUT2D eigenvalue weighted by atomic mass is 10.0. The molecule has 2 aromatic rings. The van der Waals surface area contributed by atoms with Gasteiger partial charge in [0.1, 0.15) is 5.76 Å². The number of alkyl halides is 1. The summed E-state index contributed by atoms with van der Waals surface area (Å²) in [6, 6.07) is 9.99. The quantitative estimate of drug-likeness (QED) is 0.709. The summed E-state index contributed by atoms with van der Waals surface area (Å²) in [6.07, 6.45) is 3.58. The third-order valence-electron chi connectivity index (χ3n) is 2.74. The van der Waals surface area contributed by atoms with Gasteiger partial charge in [-0.25, -0.2) is 0 Å². The molecule has 0 aliphatic rings. The first kappa shape index (κ1) is 12.7. The Hall–Kier alpha value is -0.730. The molecular formula is C14H14BrClO. The van der Waals surface area contributed by atoms with Crippen LogP contribution in [0.15, 0.2) is 41.0 Å². The van der Waals surface area contributed by atoms with E-state index in [1.165, 1.54) is 11.1 Å². The van der Waals surface area contributed by atoms with E-state index in [-0.39, 0.29) is 4.83 Å². The Balaban J connectivity index is 2.14. The van der Waals surface area contributed by atoms with Crippen molar-refractivity contribution in [3.63, 3.8) is 0 Å². The highest BCUT2D eigenvalue weighted by atomic mass is 79.9. The average molecular weight is 314 g/mol. The molecule has 0 fully saturated rings. The van der Waals surface area contributed by atoms with Gasteiger partial charge in [-0.3, -0.25) is 0 Å². The zero-order chi connectivity index (χ0) is 12.3. The molecule has 0 bridgehead atoms. The van der Waals surface area contributed by atoms with Gasteiger partial charge < -0.3 is 4.42 Å². The number of furan rings is 1. The second-order valence-corrected chi connectivity index (χ2v) is 5.50. The van der Waals surface area contributed by atoms with Gasteiger partial charge in [0.25, 0.3) is 0 Å². The van der Waals surface area contributed by atoms with Gasteiger partial charge in [-0.15, -0.1) is 0 Å². The van der Waals surface area contributed by atoms with Gasteiger partial charge in [-0.2, -0.15) is 0 Å². The highest BCUT2D eigenvalue weighted by Gasteiger charge is 2.14. The summed E-state index contributed by atoms with van der Waals surface area (Å²) in [4.78, 5) is 0.273. The number of hydrogen-bond donors (Lipinski definition) is 0. The maximum Gasteiger partial charge on any atom is 0.107 e. The van der Waals surface area contributed by atoms with E-state index >= 15 is 0 Å². The molecule has 1 aromatic heterocycles. The summed E-state index contributed by atoms with van der Waals surface area (Å²) < 4.78 is 5.44. The lowest BCUT2D eigenvalue weighted by Gasteiger charge is -2.10. The smallest absolute Gasteiger partial charge is 0.107 e. The maximum atomic E-state index is 5.98. The Kier molecular flexibility index (Phi) is 4.30. The van der Waals surface area contributed by atoms with Crippen molar-refractivity contribution in [1.29, 1.82) is 0 Å². The number of hydrogen-bond acceptors (Lipinski definition) is 1. The molecule has 0 spiro atoms. The fourth-order valence-electron chi connectivity index (χ4n) is 1.90. The van der Waals surface area contributed by atoms with Crippen LogP contribution in [0.1, 0.15) is 28.6 Å². The predicted molar refractivity (Wildman–Crippen MR) is 74.9 cm³/mol. The molecule has 0 amide bonds. The second kappa shape index (κ2) is 5.74. The van der Waals surface area contributed by atoms with Crippen LogP contribution in [-0.4, -0.2) is 0 Å². The highest BCUT2D eigenvalue weighted by molar-refractivity contribution is 9.09. The van der Waals surface area contributed by atoms with Crippen molar-refractivity contribution in [2.75, 3.05) is 0 Å². The minimum Gasteiger partial charge on any atom is -0.469 e. The molecule has 1 atom stereocenters.